The van der Waals surface area contributed by atoms with Crippen molar-refractivity contribution >= 4 is 11.6 Å². The molecule has 0 aliphatic heterocycles. The number of aromatic nitrogens is 3. The van der Waals surface area contributed by atoms with Gasteiger partial charge in [0, 0.05) is 17.2 Å². The normalized spacial score (nSPS) is 13.5. The number of hydrogen-bond acceptors (Lipinski definition) is 5. The standard InChI is InChI=1S/C25H31ClFN3O3/c1-18(12-26)16-32-23-8-4-19(5-9-23)25(2,3)20-6-10-24(11-7-20)33-17-22(31)15-30-14-21(13-27)28-29-30/h4-11,14,18,22,31H,12-13,15-17H2,1-3H3/t18-,22+/m1/s1/i27-1. The molecule has 0 amide bonds. The number of rotatable bonds is 12. The summed E-state index contributed by atoms with van der Waals surface area (Å²) in [4.78, 5) is 0. The minimum atomic E-state index is -0.788. The Morgan fingerprint density at radius 2 is 1.55 bits per heavy atom. The van der Waals surface area contributed by atoms with Crippen LogP contribution in [-0.2, 0) is 18.6 Å². The second kappa shape index (κ2) is 11.5. The zero-order chi connectivity index (χ0) is 23.8. The van der Waals surface area contributed by atoms with E-state index in [1.54, 1.807) is 0 Å². The van der Waals surface area contributed by atoms with E-state index in [-0.39, 0.29) is 24.3 Å². The van der Waals surface area contributed by atoms with Gasteiger partial charge < -0.3 is 14.6 Å². The second-order valence-electron chi connectivity index (χ2n) is 8.77. The molecule has 0 unspecified atom stereocenters. The number of benzene rings is 2. The maximum absolute atomic E-state index is 12.5. The Morgan fingerprint density at radius 3 is 2.03 bits per heavy atom. The van der Waals surface area contributed by atoms with Crippen LogP contribution in [0, 0.1) is 5.92 Å². The van der Waals surface area contributed by atoms with Crippen molar-refractivity contribution in [2.24, 2.45) is 5.92 Å². The fourth-order valence-corrected chi connectivity index (χ4v) is 3.42. The summed E-state index contributed by atoms with van der Waals surface area (Å²) in [5, 5.41) is 17.6. The first kappa shape index (κ1) is 25.0. The molecule has 0 spiro atoms. The maximum atomic E-state index is 12.5. The van der Waals surface area contributed by atoms with Gasteiger partial charge in [0.15, 0.2) is 0 Å². The summed E-state index contributed by atoms with van der Waals surface area (Å²) in [6.45, 7) is 6.59. The van der Waals surface area contributed by atoms with E-state index >= 15 is 0 Å². The van der Waals surface area contributed by atoms with Crippen LogP contribution in [0.15, 0.2) is 54.7 Å². The molecule has 33 heavy (non-hydrogen) atoms. The molecule has 2 aromatic carbocycles. The zero-order valence-corrected chi connectivity index (χ0v) is 20.0. The van der Waals surface area contributed by atoms with Crippen LogP contribution in [0.3, 0.4) is 0 Å². The van der Waals surface area contributed by atoms with Gasteiger partial charge in [0.1, 0.15) is 36.6 Å². The summed E-state index contributed by atoms with van der Waals surface area (Å²) in [6, 6.07) is 16.0. The molecule has 0 fully saturated rings. The Labute approximate surface area is 199 Å². The molecule has 0 saturated heterocycles. The number of aliphatic hydroxyl groups is 1. The topological polar surface area (TPSA) is 69.4 Å². The molecule has 0 bridgehead atoms. The first-order valence-corrected chi connectivity index (χ1v) is 11.5. The maximum Gasteiger partial charge on any atom is 0.135 e. The van der Waals surface area contributed by atoms with Crippen molar-refractivity contribution in [3.05, 3.63) is 71.5 Å². The Hall–Kier alpha value is -2.64. The van der Waals surface area contributed by atoms with E-state index in [1.165, 1.54) is 16.4 Å². The van der Waals surface area contributed by atoms with Crippen LogP contribution in [0.2, 0.25) is 0 Å². The number of ether oxygens (including phenoxy) is 2. The molecule has 1 aromatic heterocycles. The Balaban J connectivity index is 1.55. The lowest BCUT2D eigenvalue weighted by Gasteiger charge is -2.26. The molecule has 0 aliphatic rings. The molecule has 178 valence electrons. The predicted molar refractivity (Wildman–Crippen MR) is 127 cm³/mol. The van der Waals surface area contributed by atoms with Crippen molar-refractivity contribution < 1.29 is 19.0 Å². The summed E-state index contributed by atoms with van der Waals surface area (Å²) < 4.78 is 25.4. The largest absolute Gasteiger partial charge is 0.493 e. The molecule has 0 saturated carbocycles. The third-order valence-corrected chi connectivity index (χ3v) is 6.04. The second-order valence-corrected chi connectivity index (χ2v) is 9.08. The number of hydrogen-bond donors (Lipinski definition) is 1. The number of alkyl halides is 2. The van der Waals surface area contributed by atoms with Crippen molar-refractivity contribution in [1.82, 2.24) is 15.0 Å². The van der Waals surface area contributed by atoms with Crippen LogP contribution in [0.25, 0.3) is 0 Å². The number of halogens is 2. The van der Waals surface area contributed by atoms with Crippen LogP contribution < -0.4 is 9.47 Å². The predicted octanol–water partition coefficient (Wildman–Crippen LogP) is 4.77. The van der Waals surface area contributed by atoms with Gasteiger partial charge in [0.25, 0.3) is 0 Å². The van der Waals surface area contributed by atoms with Gasteiger partial charge in [-0.25, -0.2) is 9.07 Å². The van der Waals surface area contributed by atoms with Gasteiger partial charge in [-0.3, -0.25) is 0 Å². The van der Waals surface area contributed by atoms with E-state index in [1.807, 2.05) is 36.4 Å². The van der Waals surface area contributed by atoms with Crippen LogP contribution in [0.4, 0.5) is 4.39 Å². The molecular weight excluding hydrogens is 444 g/mol. The first-order chi connectivity index (χ1) is 15.8. The van der Waals surface area contributed by atoms with Gasteiger partial charge in [0.2, 0.25) is 0 Å². The molecule has 1 N–H and O–H groups in total. The smallest absolute Gasteiger partial charge is 0.135 e. The quantitative estimate of drug-likeness (QED) is 0.383. The lowest BCUT2D eigenvalue weighted by atomic mass is 9.78. The van der Waals surface area contributed by atoms with Crippen molar-refractivity contribution in [2.45, 2.75) is 45.5 Å². The fraction of sp³-hybridized carbons (Fsp3) is 0.440. The number of nitrogens with zero attached hydrogens (tertiary/aromatic N) is 3. The fourth-order valence-electron chi connectivity index (χ4n) is 3.34. The van der Waals surface area contributed by atoms with Gasteiger partial charge in [0.05, 0.1) is 19.3 Å². The molecule has 2 atom stereocenters. The van der Waals surface area contributed by atoms with Gasteiger partial charge >= 0.3 is 0 Å². The van der Waals surface area contributed by atoms with E-state index in [2.05, 4.69) is 43.2 Å². The van der Waals surface area contributed by atoms with Crippen molar-refractivity contribution in [3.8, 4) is 11.5 Å². The molecule has 3 aromatic rings. The minimum absolute atomic E-state index is 0.0946. The number of aliphatic hydroxyl groups excluding tert-OH is 1. The van der Waals surface area contributed by atoms with E-state index in [0.717, 1.165) is 11.3 Å². The summed E-state index contributed by atoms with van der Waals surface area (Å²) in [7, 11) is 0. The van der Waals surface area contributed by atoms with E-state index in [4.69, 9.17) is 21.1 Å². The van der Waals surface area contributed by atoms with Crippen molar-refractivity contribution in [2.75, 3.05) is 19.1 Å². The third-order valence-electron chi connectivity index (χ3n) is 5.51. The summed E-state index contributed by atoms with van der Waals surface area (Å²) in [6.07, 6.45) is 0.683. The lowest BCUT2D eigenvalue weighted by Crippen LogP contribution is -2.24. The molecule has 1 heterocycles. The monoisotopic (exact) mass is 474 g/mol. The average molecular weight is 475 g/mol. The Morgan fingerprint density at radius 1 is 1.00 bits per heavy atom. The van der Waals surface area contributed by atoms with Crippen molar-refractivity contribution in [1.29, 1.82) is 0 Å². The molecule has 3 rings (SSSR count). The lowest BCUT2D eigenvalue weighted by molar-refractivity contribution is 0.0888. The van der Waals surface area contributed by atoms with Gasteiger partial charge in [-0.15, -0.1) is 16.7 Å². The van der Waals surface area contributed by atoms with Crippen LogP contribution >= 0.6 is 11.6 Å². The first-order valence-electron chi connectivity index (χ1n) is 11.0. The summed E-state index contributed by atoms with van der Waals surface area (Å²) >= 11 is 5.84. The Kier molecular flexibility index (Phi) is 8.69. The van der Waals surface area contributed by atoms with Gasteiger partial charge in [-0.2, -0.15) is 0 Å². The van der Waals surface area contributed by atoms with E-state index in [9.17, 15) is 9.50 Å². The molecule has 6 nitrogen and oxygen atoms in total. The highest BCUT2D eigenvalue weighted by atomic mass is 35.5. The van der Waals surface area contributed by atoms with Gasteiger partial charge in [-0.05, 0) is 35.4 Å². The summed E-state index contributed by atoms with van der Waals surface area (Å²) in [5.41, 5.74) is 2.34. The average Bonchev–Trinajstić information content (AvgIpc) is 3.29. The minimum Gasteiger partial charge on any atom is -0.493 e. The Bertz CT molecular complexity index is 993. The van der Waals surface area contributed by atoms with Crippen LogP contribution in [0.1, 0.15) is 37.6 Å². The van der Waals surface area contributed by atoms with Crippen LogP contribution in [-0.4, -0.2) is 45.3 Å². The highest BCUT2D eigenvalue weighted by Gasteiger charge is 2.23. The summed E-state index contributed by atoms with van der Waals surface area (Å²) in [5.74, 6) is 2.38. The SMILES string of the molecule is C[C@H](CCl)COc1ccc(C(C)(C)c2ccc(OC[C@@H](O)Cn3cc(C[18F])nn3)cc2)cc1. The van der Waals surface area contributed by atoms with Gasteiger partial charge in [-0.1, -0.05) is 50.3 Å². The molecule has 8 heteroatoms. The highest BCUT2D eigenvalue weighted by Crippen LogP contribution is 2.33. The van der Waals surface area contributed by atoms with Crippen LogP contribution in [0.5, 0.6) is 11.5 Å². The van der Waals surface area contributed by atoms with E-state index < -0.39 is 12.8 Å². The zero-order valence-electron chi connectivity index (χ0n) is 19.2. The molecule has 0 radical (unpaired) electrons. The highest BCUT2D eigenvalue weighted by molar-refractivity contribution is 6.18. The van der Waals surface area contributed by atoms with Crippen molar-refractivity contribution in [3.63, 3.8) is 0 Å². The third kappa shape index (κ3) is 6.92. The molecular formula is C25H31ClFN3O3. The van der Waals surface area contributed by atoms with E-state index in [0.29, 0.717) is 24.2 Å². The molecule has 0 aliphatic carbocycles.